The number of nitrogens with zero attached hydrogens (tertiary/aromatic N) is 1. The Labute approximate surface area is 110 Å². The van der Waals surface area contributed by atoms with Crippen LogP contribution in [0.5, 0.6) is 0 Å². The molecule has 1 N–H and O–H groups in total. The van der Waals surface area contributed by atoms with Crippen LogP contribution in [0.4, 0.5) is 0 Å². The molecule has 0 aliphatic rings. The van der Waals surface area contributed by atoms with E-state index in [0.717, 1.165) is 5.52 Å². The predicted molar refractivity (Wildman–Crippen MR) is 74.6 cm³/mol. The van der Waals surface area contributed by atoms with E-state index in [1.807, 2.05) is 32.0 Å². The number of methoxy groups -OCH3 is 1. The summed E-state index contributed by atoms with van der Waals surface area (Å²) in [6.45, 7) is 4.27. The maximum absolute atomic E-state index is 12.5. The molecular weight excluding hydrogens is 248 g/mol. The zero-order chi connectivity index (χ0) is 13.3. The fourth-order valence-electron chi connectivity index (χ4n) is 2.13. The van der Waals surface area contributed by atoms with Gasteiger partial charge in [-0.3, -0.25) is 9.36 Å². The van der Waals surface area contributed by atoms with Crippen LogP contribution in [0.15, 0.2) is 29.1 Å². The molecule has 2 rings (SSSR count). The molecule has 1 aromatic carbocycles. The molecule has 2 aromatic rings. The molecule has 0 amide bonds. The van der Waals surface area contributed by atoms with Gasteiger partial charge in [-0.05, 0) is 38.2 Å². The topological polar surface area (TPSA) is 47.0 Å². The van der Waals surface area contributed by atoms with E-state index in [1.54, 1.807) is 17.7 Å². The lowest BCUT2D eigenvalue weighted by molar-refractivity contribution is 0.106. The summed E-state index contributed by atoms with van der Waals surface area (Å²) in [5, 5.41) is 0.635. The van der Waals surface area contributed by atoms with Crippen LogP contribution in [0.3, 0.4) is 0 Å². The van der Waals surface area contributed by atoms with Gasteiger partial charge < -0.3 is 9.72 Å². The van der Waals surface area contributed by atoms with Crippen molar-refractivity contribution in [2.45, 2.75) is 19.4 Å². The average molecular weight is 264 g/mol. The van der Waals surface area contributed by atoms with Gasteiger partial charge in [-0.2, -0.15) is 0 Å². The molecule has 1 aromatic heterocycles. The highest BCUT2D eigenvalue weighted by molar-refractivity contribution is 7.71. The Morgan fingerprint density at radius 1 is 1.39 bits per heavy atom. The molecule has 1 heterocycles. The highest BCUT2D eigenvalue weighted by Crippen LogP contribution is 2.15. The minimum atomic E-state index is -0.483. The molecule has 96 valence electrons. The quantitative estimate of drug-likeness (QED) is 0.866. The summed E-state index contributed by atoms with van der Waals surface area (Å²) < 4.78 is 7.16. The van der Waals surface area contributed by atoms with Crippen molar-refractivity contribution in [3.8, 4) is 0 Å². The molecule has 0 radical (unpaired) electrons. The fourth-order valence-corrected chi connectivity index (χ4v) is 2.57. The molecule has 0 aliphatic carbocycles. The van der Waals surface area contributed by atoms with E-state index in [2.05, 4.69) is 4.98 Å². The van der Waals surface area contributed by atoms with Gasteiger partial charge in [0, 0.05) is 7.11 Å². The van der Waals surface area contributed by atoms with E-state index in [0.29, 0.717) is 16.8 Å². The van der Waals surface area contributed by atoms with Gasteiger partial charge in [-0.25, -0.2) is 0 Å². The molecule has 18 heavy (non-hydrogen) atoms. The Bertz CT molecular complexity index is 685. The number of aromatic amines is 1. The highest BCUT2D eigenvalue weighted by Gasteiger charge is 2.23. The summed E-state index contributed by atoms with van der Waals surface area (Å²) in [4.78, 5) is 15.6. The largest absolute Gasteiger partial charge is 0.382 e. The molecule has 0 fully saturated rings. The Morgan fingerprint density at radius 3 is 2.72 bits per heavy atom. The summed E-state index contributed by atoms with van der Waals surface area (Å²) in [6, 6.07) is 7.36. The minimum absolute atomic E-state index is 0.0867. The van der Waals surface area contributed by atoms with Gasteiger partial charge >= 0.3 is 0 Å². The van der Waals surface area contributed by atoms with Crippen LogP contribution >= 0.6 is 12.2 Å². The Morgan fingerprint density at radius 2 is 2.06 bits per heavy atom. The van der Waals surface area contributed by atoms with E-state index in [4.69, 9.17) is 17.0 Å². The number of rotatable bonds is 3. The molecule has 0 bridgehead atoms. The van der Waals surface area contributed by atoms with Crippen LogP contribution < -0.4 is 5.56 Å². The minimum Gasteiger partial charge on any atom is -0.382 e. The van der Waals surface area contributed by atoms with E-state index < -0.39 is 5.54 Å². The molecular formula is C13H16N2O2S. The highest BCUT2D eigenvalue weighted by atomic mass is 32.1. The lowest BCUT2D eigenvalue weighted by atomic mass is 10.1. The van der Waals surface area contributed by atoms with Crippen molar-refractivity contribution in [1.82, 2.24) is 9.55 Å². The second kappa shape index (κ2) is 4.66. The van der Waals surface area contributed by atoms with Crippen molar-refractivity contribution in [1.29, 1.82) is 0 Å². The molecule has 0 unspecified atom stereocenters. The van der Waals surface area contributed by atoms with Crippen LogP contribution in [0.2, 0.25) is 0 Å². The van der Waals surface area contributed by atoms with Crippen molar-refractivity contribution < 1.29 is 4.74 Å². The molecule has 0 atom stereocenters. The lowest BCUT2D eigenvalue weighted by Gasteiger charge is -2.26. The SMILES string of the molecule is COCC(C)(C)n1c(=S)[nH]c2ccccc2c1=O. The number of ether oxygens (including phenoxy) is 1. The Balaban J connectivity index is 2.80. The first-order valence-electron chi connectivity index (χ1n) is 5.71. The van der Waals surface area contributed by atoms with Crippen molar-refractivity contribution in [2.24, 2.45) is 0 Å². The smallest absolute Gasteiger partial charge is 0.262 e. The van der Waals surface area contributed by atoms with Crippen molar-refractivity contribution in [3.05, 3.63) is 39.4 Å². The maximum Gasteiger partial charge on any atom is 0.262 e. The number of nitrogens with one attached hydrogen (secondary N) is 1. The molecule has 5 heteroatoms. The summed E-state index contributed by atoms with van der Waals surface area (Å²) in [5.41, 5.74) is 0.192. The monoisotopic (exact) mass is 264 g/mol. The van der Waals surface area contributed by atoms with Gasteiger partial charge in [0.1, 0.15) is 0 Å². The Kier molecular flexibility index (Phi) is 3.36. The van der Waals surface area contributed by atoms with Crippen molar-refractivity contribution in [2.75, 3.05) is 13.7 Å². The van der Waals surface area contributed by atoms with Crippen LogP contribution in [-0.4, -0.2) is 23.3 Å². The fraction of sp³-hybridized carbons (Fsp3) is 0.385. The molecule has 0 aliphatic heterocycles. The van der Waals surface area contributed by atoms with Crippen LogP contribution in [0.1, 0.15) is 13.8 Å². The van der Waals surface area contributed by atoms with Crippen LogP contribution in [0, 0.1) is 4.77 Å². The van der Waals surface area contributed by atoms with E-state index in [-0.39, 0.29) is 5.56 Å². The summed E-state index contributed by atoms with van der Waals surface area (Å²) in [5.74, 6) is 0. The summed E-state index contributed by atoms with van der Waals surface area (Å²) in [6.07, 6.45) is 0. The van der Waals surface area contributed by atoms with Crippen molar-refractivity contribution >= 4 is 23.1 Å². The van der Waals surface area contributed by atoms with Gasteiger partial charge in [-0.15, -0.1) is 0 Å². The third-order valence-electron chi connectivity index (χ3n) is 2.91. The van der Waals surface area contributed by atoms with Crippen molar-refractivity contribution in [3.63, 3.8) is 0 Å². The zero-order valence-electron chi connectivity index (χ0n) is 10.7. The second-order valence-electron chi connectivity index (χ2n) is 4.86. The normalized spacial score (nSPS) is 11.9. The molecule has 0 spiro atoms. The number of aromatic nitrogens is 2. The first kappa shape index (κ1) is 13.0. The molecule has 4 nitrogen and oxygen atoms in total. The van der Waals surface area contributed by atoms with Crippen LogP contribution in [-0.2, 0) is 10.3 Å². The summed E-state index contributed by atoms with van der Waals surface area (Å²) in [7, 11) is 1.61. The Hall–Kier alpha value is -1.46. The number of hydrogen-bond donors (Lipinski definition) is 1. The van der Waals surface area contributed by atoms with E-state index >= 15 is 0 Å². The number of H-pyrrole nitrogens is 1. The maximum atomic E-state index is 12.5. The van der Waals surface area contributed by atoms with E-state index in [1.165, 1.54) is 0 Å². The number of benzene rings is 1. The summed E-state index contributed by atoms with van der Waals surface area (Å²) >= 11 is 5.28. The lowest BCUT2D eigenvalue weighted by Crippen LogP contribution is -2.40. The third kappa shape index (κ3) is 2.11. The predicted octanol–water partition coefficient (Wildman–Crippen LogP) is 2.44. The number of fused-ring (bicyclic) bond motifs is 1. The van der Waals surface area contributed by atoms with Gasteiger partial charge in [0.25, 0.3) is 5.56 Å². The standard InChI is InChI=1S/C13H16N2O2S/c1-13(2,8-17-3)15-11(16)9-6-4-5-7-10(9)14-12(15)18/h4-7H,8H2,1-3H3,(H,14,18). The second-order valence-corrected chi connectivity index (χ2v) is 5.25. The first-order valence-corrected chi connectivity index (χ1v) is 6.12. The first-order chi connectivity index (χ1) is 8.47. The average Bonchev–Trinajstić information content (AvgIpc) is 2.28. The zero-order valence-corrected chi connectivity index (χ0v) is 11.5. The van der Waals surface area contributed by atoms with Gasteiger partial charge in [0.15, 0.2) is 4.77 Å². The van der Waals surface area contributed by atoms with Crippen LogP contribution in [0.25, 0.3) is 10.9 Å². The molecule has 0 saturated heterocycles. The number of para-hydroxylation sites is 1. The van der Waals surface area contributed by atoms with E-state index in [9.17, 15) is 4.79 Å². The van der Waals surface area contributed by atoms with Gasteiger partial charge in [0.2, 0.25) is 0 Å². The molecule has 0 saturated carbocycles. The third-order valence-corrected chi connectivity index (χ3v) is 3.19. The van der Waals surface area contributed by atoms with Gasteiger partial charge in [-0.1, -0.05) is 12.1 Å². The van der Waals surface area contributed by atoms with Gasteiger partial charge in [0.05, 0.1) is 23.0 Å². The number of hydrogen-bond acceptors (Lipinski definition) is 3.